The van der Waals surface area contributed by atoms with Crippen LogP contribution in [0.25, 0.3) is 0 Å². The quantitative estimate of drug-likeness (QED) is 0.938. The number of nitrogens with zero attached hydrogens (tertiary/aromatic N) is 3. The van der Waals surface area contributed by atoms with Crippen LogP contribution in [0.4, 0.5) is 4.39 Å². The highest BCUT2D eigenvalue weighted by molar-refractivity contribution is 5.19. The monoisotopic (exact) mass is 304 g/mol. The Bertz CT molecular complexity index is 630. The third-order valence-electron chi connectivity index (χ3n) is 4.17. The van der Waals surface area contributed by atoms with Crippen molar-refractivity contribution in [1.29, 1.82) is 0 Å². The van der Waals surface area contributed by atoms with E-state index >= 15 is 0 Å². The predicted octanol–water partition coefficient (Wildman–Crippen LogP) is 2.13. The van der Waals surface area contributed by atoms with Crippen LogP contribution >= 0.6 is 0 Å². The molecular formula is C16H21FN4O. The van der Waals surface area contributed by atoms with Gasteiger partial charge in [0.05, 0.1) is 6.04 Å². The average molecular weight is 304 g/mol. The lowest BCUT2D eigenvalue weighted by Crippen LogP contribution is -2.44. The van der Waals surface area contributed by atoms with Gasteiger partial charge in [0.1, 0.15) is 5.82 Å². The molecule has 1 aliphatic heterocycles. The fourth-order valence-corrected chi connectivity index (χ4v) is 2.76. The number of nitrogens with one attached hydrogen (secondary N) is 1. The molecule has 0 bridgehead atoms. The molecule has 1 fully saturated rings. The third kappa shape index (κ3) is 3.18. The summed E-state index contributed by atoms with van der Waals surface area (Å²) in [6.07, 6.45) is 0.549. The van der Waals surface area contributed by atoms with Crippen LogP contribution < -0.4 is 5.32 Å². The Kier molecular flexibility index (Phi) is 4.49. The molecule has 3 rings (SSSR count). The number of hydrogen-bond acceptors (Lipinski definition) is 5. The van der Waals surface area contributed by atoms with Crippen molar-refractivity contribution < 1.29 is 8.91 Å². The fourth-order valence-electron chi connectivity index (χ4n) is 2.76. The standard InChI is InChI=1S/C16H21FN4O/c1-11(9-12-5-3-4-6-13(12)17)16-19-15(20-22-16)14-10-18-7-8-21(14)2/h3-6,11,14,18H,7-10H2,1-2H3. The molecule has 2 unspecified atom stereocenters. The summed E-state index contributed by atoms with van der Waals surface area (Å²) in [5.41, 5.74) is 0.672. The summed E-state index contributed by atoms with van der Waals surface area (Å²) < 4.78 is 19.1. The molecule has 2 heterocycles. The number of benzene rings is 1. The molecule has 2 aromatic rings. The summed E-state index contributed by atoms with van der Waals surface area (Å²) in [7, 11) is 2.06. The first kappa shape index (κ1) is 15.1. The van der Waals surface area contributed by atoms with E-state index in [1.807, 2.05) is 13.0 Å². The largest absolute Gasteiger partial charge is 0.339 e. The second kappa shape index (κ2) is 6.54. The van der Waals surface area contributed by atoms with Gasteiger partial charge in [-0.25, -0.2) is 4.39 Å². The molecule has 1 aromatic heterocycles. The third-order valence-corrected chi connectivity index (χ3v) is 4.17. The molecule has 1 saturated heterocycles. The first-order chi connectivity index (χ1) is 10.6. The van der Waals surface area contributed by atoms with Crippen molar-refractivity contribution in [2.75, 3.05) is 26.7 Å². The van der Waals surface area contributed by atoms with E-state index in [9.17, 15) is 4.39 Å². The minimum absolute atomic E-state index is 0.0139. The maximum atomic E-state index is 13.7. The van der Waals surface area contributed by atoms with Crippen molar-refractivity contribution in [3.63, 3.8) is 0 Å². The zero-order valence-electron chi connectivity index (χ0n) is 12.9. The van der Waals surface area contributed by atoms with Gasteiger partial charge in [0.2, 0.25) is 5.89 Å². The Labute approximate surface area is 129 Å². The number of hydrogen-bond donors (Lipinski definition) is 1. The van der Waals surface area contributed by atoms with E-state index in [1.165, 1.54) is 6.07 Å². The van der Waals surface area contributed by atoms with Gasteiger partial charge in [-0.2, -0.15) is 4.98 Å². The van der Waals surface area contributed by atoms with Gasteiger partial charge in [0.25, 0.3) is 0 Å². The van der Waals surface area contributed by atoms with E-state index in [0.29, 0.717) is 23.7 Å². The SMILES string of the molecule is CC(Cc1ccccc1F)c1nc(C2CNCCN2C)no1. The van der Waals surface area contributed by atoms with E-state index in [1.54, 1.807) is 12.1 Å². The Morgan fingerprint density at radius 1 is 1.45 bits per heavy atom. The van der Waals surface area contributed by atoms with Crippen LogP contribution in [0, 0.1) is 5.82 Å². The molecule has 1 aromatic carbocycles. The lowest BCUT2D eigenvalue weighted by molar-refractivity contribution is 0.190. The Balaban J connectivity index is 1.71. The minimum atomic E-state index is -0.190. The first-order valence-electron chi connectivity index (χ1n) is 7.63. The van der Waals surface area contributed by atoms with Crippen molar-refractivity contribution >= 4 is 0 Å². The van der Waals surface area contributed by atoms with Crippen LogP contribution in [-0.2, 0) is 6.42 Å². The van der Waals surface area contributed by atoms with Crippen LogP contribution in [0.1, 0.15) is 36.2 Å². The Hall–Kier alpha value is -1.79. The summed E-state index contributed by atoms with van der Waals surface area (Å²) in [6, 6.07) is 6.94. The molecule has 1 aliphatic rings. The van der Waals surface area contributed by atoms with Crippen LogP contribution in [0.3, 0.4) is 0 Å². The lowest BCUT2D eigenvalue weighted by atomic mass is 10.0. The molecule has 0 radical (unpaired) electrons. The number of halogens is 1. The molecule has 5 nitrogen and oxygen atoms in total. The topological polar surface area (TPSA) is 54.2 Å². The van der Waals surface area contributed by atoms with E-state index < -0.39 is 0 Å². The number of piperazine rings is 1. The van der Waals surface area contributed by atoms with Crippen LogP contribution in [0.2, 0.25) is 0 Å². The maximum absolute atomic E-state index is 13.7. The average Bonchev–Trinajstić information content (AvgIpc) is 3.00. The highest BCUT2D eigenvalue weighted by Crippen LogP contribution is 2.23. The van der Waals surface area contributed by atoms with Crippen molar-refractivity contribution in [2.45, 2.75) is 25.3 Å². The molecule has 0 saturated carbocycles. The Morgan fingerprint density at radius 3 is 3.05 bits per heavy atom. The molecular weight excluding hydrogens is 283 g/mol. The number of likely N-dealkylation sites (N-methyl/N-ethyl adjacent to an activating group) is 1. The summed E-state index contributed by atoms with van der Waals surface area (Å²) in [5.74, 6) is 1.06. The number of aromatic nitrogens is 2. The Morgan fingerprint density at radius 2 is 2.27 bits per heavy atom. The summed E-state index contributed by atoms with van der Waals surface area (Å²) in [4.78, 5) is 6.74. The van der Waals surface area contributed by atoms with E-state index in [0.717, 1.165) is 19.6 Å². The van der Waals surface area contributed by atoms with Crippen LogP contribution in [-0.4, -0.2) is 41.7 Å². The van der Waals surface area contributed by atoms with E-state index in [2.05, 4.69) is 27.4 Å². The first-order valence-corrected chi connectivity index (χ1v) is 7.63. The van der Waals surface area contributed by atoms with Gasteiger partial charge in [-0.15, -0.1) is 0 Å². The highest BCUT2D eigenvalue weighted by Gasteiger charge is 2.26. The smallest absolute Gasteiger partial charge is 0.229 e. The fraction of sp³-hybridized carbons (Fsp3) is 0.500. The van der Waals surface area contributed by atoms with Crippen LogP contribution in [0.15, 0.2) is 28.8 Å². The molecule has 22 heavy (non-hydrogen) atoms. The van der Waals surface area contributed by atoms with Gasteiger partial charge in [-0.05, 0) is 25.1 Å². The highest BCUT2D eigenvalue weighted by atomic mass is 19.1. The molecule has 0 aliphatic carbocycles. The minimum Gasteiger partial charge on any atom is -0.339 e. The van der Waals surface area contributed by atoms with Crippen molar-refractivity contribution in [3.8, 4) is 0 Å². The molecule has 1 N–H and O–H groups in total. The van der Waals surface area contributed by atoms with Crippen molar-refractivity contribution in [2.24, 2.45) is 0 Å². The maximum Gasteiger partial charge on any atom is 0.229 e. The van der Waals surface area contributed by atoms with Gasteiger partial charge < -0.3 is 9.84 Å². The van der Waals surface area contributed by atoms with Crippen LogP contribution in [0.5, 0.6) is 0 Å². The zero-order chi connectivity index (χ0) is 15.5. The summed E-state index contributed by atoms with van der Waals surface area (Å²) in [6.45, 7) is 4.73. The predicted molar refractivity (Wildman–Crippen MR) is 81.1 cm³/mol. The molecule has 118 valence electrons. The molecule has 6 heteroatoms. The lowest BCUT2D eigenvalue weighted by Gasteiger charge is -2.30. The van der Waals surface area contributed by atoms with Crippen molar-refractivity contribution in [1.82, 2.24) is 20.4 Å². The molecule has 0 amide bonds. The normalized spacial score (nSPS) is 21.0. The summed E-state index contributed by atoms with van der Waals surface area (Å²) >= 11 is 0. The number of rotatable bonds is 4. The van der Waals surface area contributed by atoms with Gasteiger partial charge in [0, 0.05) is 25.6 Å². The zero-order valence-corrected chi connectivity index (χ0v) is 12.9. The van der Waals surface area contributed by atoms with E-state index in [-0.39, 0.29) is 17.8 Å². The second-order valence-electron chi connectivity index (χ2n) is 5.89. The van der Waals surface area contributed by atoms with Gasteiger partial charge in [-0.3, -0.25) is 4.90 Å². The molecule has 2 atom stereocenters. The second-order valence-corrected chi connectivity index (χ2v) is 5.89. The van der Waals surface area contributed by atoms with E-state index in [4.69, 9.17) is 4.52 Å². The van der Waals surface area contributed by atoms with Gasteiger partial charge in [0.15, 0.2) is 5.82 Å². The van der Waals surface area contributed by atoms with Crippen molar-refractivity contribution in [3.05, 3.63) is 47.4 Å². The van der Waals surface area contributed by atoms with Gasteiger partial charge in [-0.1, -0.05) is 30.3 Å². The van der Waals surface area contributed by atoms with Gasteiger partial charge >= 0.3 is 0 Å². The summed E-state index contributed by atoms with van der Waals surface area (Å²) in [5, 5.41) is 7.45. The molecule has 0 spiro atoms.